The number of methoxy groups -OCH3 is 1. The van der Waals surface area contributed by atoms with E-state index in [4.69, 9.17) is 9.84 Å². The first-order valence-electron chi connectivity index (χ1n) is 6.82. The van der Waals surface area contributed by atoms with E-state index in [9.17, 15) is 9.59 Å². The number of nitrogens with one attached hydrogen (secondary N) is 2. The van der Waals surface area contributed by atoms with Crippen LogP contribution in [0.5, 0.6) is 0 Å². The fraction of sp³-hybridized carbons (Fsp3) is 0.846. The van der Waals surface area contributed by atoms with E-state index in [-0.39, 0.29) is 18.9 Å². The molecule has 2 atom stereocenters. The number of ether oxygens (including phenoxy) is 1. The van der Waals surface area contributed by atoms with Crippen molar-refractivity contribution in [3.63, 3.8) is 0 Å². The van der Waals surface area contributed by atoms with Crippen LogP contribution in [0.15, 0.2) is 0 Å². The Hall–Kier alpha value is -1.14. The molecule has 6 nitrogen and oxygen atoms in total. The highest BCUT2D eigenvalue weighted by Crippen LogP contribution is 2.24. The zero-order chi connectivity index (χ0) is 14.3. The Balaban J connectivity index is 2.50. The summed E-state index contributed by atoms with van der Waals surface area (Å²) in [4.78, 5) is 22.9. The molecule has 0 aromatic rings. The van der Waals surface area contributed by atoms with E-state index in [0.717, 1.165) is 32.2 Å². The molecule has 1 saturated heterocycles. The molecule has 0 aliphatic carbocycles. The Kier molecular flexibility index (Phi) is 6.24. The summed E-state index contributed by atoms with van der Waals surface area (Å²) < 4.78 is 5.05. The van der Waals surface area contributed by atoms with Gasteiger partial charge in [-0.05, 0) is 25.8 Å². The minimum atomic E-state index is -0.927. The molecule has 2 unspecified atom stereocenters. The first kappa shape index (κ1) is 15.9. The monoisotopic (exact) mass is 272 g/mol. The fourth-order valence-electron chi connectivity index (χ4n) is 2.56. The number of carbonyl (C=O) groups excluding carboxylic acids is 1. The van der Waals surface area contributed by atoms with Gasteiger partial charge in [-0.2, -0.15) is 0 Å². The number of carbonyl (C=O) groups is 2. The predicted molar refractivity (Wildman–Crippen MR) is 70.9 cm³/mol. The normalized spacial score (nSPS) is 24.1. The van der Waals surface area contributed by atoms with E-state index < -0.39 is 17.6 Å². The van der Waals surface area contributed by atoms with Gasteiger partial charge in [-0.1, -0.05) is 13.3 Å². The van der Waals surface area contributed by atoms with Crippen LogP contribution < -0.4 is 10.6 Å². The largest absolute Gasteiger partial charge is 0.481 e. The van der Waals surface area contributed by atoms with Crippen LogP contribution in [-0.4, -0.2) is 48.8 Å². The number of carboxylic acid groups (broad SMARTS) is 1. The van der Waals surface area contributed by atoms with Crippen molar-refractivity contribution in [3.05, 3.63) is 0 Å². The molecule has 6 heteroatoms. The first-order chi connectivity index (χ1) is 9.04. The lowest BCUT2D eigenvalue weighted by atomic mass is 9.91. The summed E-state index contributed by atoms with van der Waals surface area (Å²) in [5.41, 5.74) is -0.476. The van der Waals surface area contributed by atoms with Crippen LogP contribution in [0.4, 0.5) is 0 Å². The second kappa shape index (κ2) is 7.45. The zero-order valence-corrected chi connectivity index (χ0v) is 11.7. The van der Waals surface area contributed by atoms with Crippen molar-refractivity contribution < 1.29 is 19.4 Å². The third-order valence-corrected chi connectivity index (χ3v) is 3.58. The van der Waals surface area contributed by atoms with Crippen LogP contribution in [0.1, 0.15) is 39.0 Å². The zero-order valence-electron chi connectivity index (χ0n) is 11.7. The third kappa shape index (κ3) is 4.47. The molecule has 19 heavy (non-hydrogen) atoms. The van der Waals surface area contributed by atoms with Crippen molar-refractivity contribution in [1.29, 1.82) is 0 Å². The van der Waals surface area contributed by atoms with Crippen LogP contribution in [0, 0.1) is 0 Å². The second-order valence-corrected chi connectivity index (χ2v) is 5.03. The smallest absolute Gasteiger partial charge is 0.306 e. The number of rotatable bonds is 8. The molecule has 1 aliphatic rings. The molecule has 3 N–H and O–H groups in total. The van der Waals surface area contributed by atoms with Crippen LogP contribution in [0.2, 0.25) is 0 Å². The van der Waals surface area contributed by atoms with Gasteiger partial charge in [0.05, 0.1) is 18.1 Å². The van der Waals surface area contributed by atoms with Gasteiger partial charge in [-0.25, -0.2) is 0 Å². The molecule has 0 aromatic heterocycles. The van der Waals surface area contributed by atoms with Gasteiger partial charge in [0.25, 0.3) is 0 Å². The van der Waals surface area contributed by atoms with Gasteiger partial charge in [-0.15, -0.1) is 0 Å². The number of amides is 1. The Bertz CT molecular complexity index is 314. The summed E-state index contributed by atoms with van der Waals surface area (Å²) in [7, 11) is 1.45. The number of carboxylic acids is 1. The van der Waals surface area contributed by atoms with Gasteiger partial charge in [-0.3, -0.25) is 9.59 Å². The maximum absolute atomic E-state index is 12.3. The molecule has 1 aliphatic heterocycles. The summed E-state index contributed by atoms with van der Waals surface area (Å²) in [5, 5.41) is 14.8. The SMILES string of the molecule is CCCC1(C(=O)NCC(CC(=O)O)OC)CCCN1. The van der Waals surface area contributed by atoms with Gasteiger partial charge in [0.1, 0.15) is 0 Å². The number of hydrogen-bond acceptors (Lipinski definition) is 4. The van der Waals surface area contributed by atoms with Gasteiger partial charge < -0.3 is 20.5 Å². The molecule has 1 heterocycles. The maximum Gasteiger partial charge on any atom is 0.306 e. The van der Waals surface area contributed by atoms with E-state index in [1.807, 2.05) is 0 Å². The lowest BCUT2D eigenvalue weighted by Gasteiger charge is -2.28. The summed E-state index contributed by atoms with van der Waals surface area (Å²) >= 11 is 0. The van der Waals surface area contributed by atoms with Crippen molar-refractivity contribution in [1.82, 2.24) is 10.6 Å². The summed E-state index contributed by atoms with van der Waals surface area (Å²) in [5.74, 6) is -0.970. The molecule has 0 spiro atoms. The van der Waals surface area contributed by atoms with Gasteiger partial charge in [0, 0.05) is 13.7 Å². The first-order valence-corrected chi connectivity index (χ1v) is 6.82. The Labute approximate surface area is 113 Å². The summed E-state index contributed by atoms with van der Waals surface area (Å²) in [6.07, 6.45) is 2.98. The molecular weight excluding hydrogens is 248 g/mol. The molecule has 0 aromatic carbocycles. The molecule has 1 rings (SSSR count). The van der Waals surface area contributed by atoms with Crippen molar-refractivity contribution in [3.8, 4) is 0 Å². The summed E-state index contributed by atoms with van der Waals surface area (Å²) in [6.45, 7) is 3.14. The molecule has 110 valence electrons. The molecular formula is C13H24N2O4. The van der Waals surface area contributed by atoms with Gasteiger partial charge >= 0.3 is 5.97 Å². The molecule has 0 saturated carbocycles. The molecule has 0 bridgehead atoms. The highest BCUT2D eigenvalue weighted by Gasteiger charge is 2.39. The number of aliphatic carboxylic acids is 1. The molecule has 1 amide bonds. The third-order valence-electron chi connectivity index (χ3n) is 3.58. The Morgan fingerprint density at radius 2 is 2.26 bits per heavy atom. The van der Waals surface area contributed by atoms with Gasteiger partial charge in [0.15, 0.2) is 0 Å². The van der Waals surface area contributed by atoms with Crippen molar-refractivity contribution in [2.24, 2.45) is 0 Å². The van der Waals surface area contributed by atoms with Crippen LogP contribution in [0.25, 0.3) is 0 Å². The summed E-state index contributed by atoms with van der Waals surface area (Å²) in [6, 6.07) is 0. The lowest BCUT2D eigenvalue weighted by Crippen LogP contribution is -2.54. The van der Waals surface area contributed by atoms with Crippen LogP contribution in [-0.2, 0) is 14.3 Å². The Morgan fingerprint density at radius 3 is 2.74 bits per heavy atom. The van der Waals surface area contributed by atoms with Crippen molar-refractivity contribution in [2.45, 2.75) is 50.7 Å². The number of hydrogen-bond donors (Lipinski definition) is 3. The molecule has 0 radical (unpaired) electrons. The second-order valence-electron chi connectivity index (χ2n) is 5.03. The average Bonchev–Trinajstić information content (AvgIpc) is 2.84. The highest BCUT2D eigenvalue weighted by molar-refractivity contribution is 5.86. The minimum Gasteiger partial charge on any atom is -0.481 e. The quantitative estimate of drug-likeness (QED) is 0.599. The maximum atomic E-state index is 12.3. The van der Waals surface area contributed by atoms with E-state index >= 15 is 0 Å². The topological polar surface area (TPSA) is 87.7 Å². The minimum absolute atomic E-state index is 0.0423. The standard InChI is InChI=1S/C13H24N2O4/c1-3-5-13(6-4-7-15-13)12(18)14-9-10(19-2)8-11(16)17/h10,15H,3-9H2,1-2H3,(H,14,18)(H,16,17). The van der Waals surface area contributed by atoms with Crippen molar-refractivity contribution >= 4 is 11.9 Å². The average molecular weight is 272 g/mol. The molecule has 1 fully saturated rings. The predicted octanol–water partition coefficient (Wildman–Crippen LogP) is 0.515. The highest BCUT2D eigenvalue weighted by atomic mass is 16.5. The Morgan fingerprint density at radius 1 is 1.53 bits per heavy atom. The lowest BCUT2D eigenvalue weighted by molar-refractivity contribution is -0.140. The van der Waals surface area contributed by atoms with Gasteiger partial charge in [0.2, 0.25) is 5.91 Å². The van der Waals surface area contributed by atoms with Crippen molar-refractivity contribution in [2.75, 3.05) is 20.2 Å². The van der Waals surface area contributed by atoms with E-state index in [1.54, 1.807) is 0 Å². The van der Waals surface area contributed by atoms with E-state index in [2.05, 4.69) is 17.6 Å². The van der Waals surface area contributed by atoms with Crippen LogP contribution >= 0.6 is 0 Å². The van der Waals surface area contributed by atoms with E-state index in [1.165, 1.54) is 7.11 Å². The van der Waals surface area contributed by atoms with Crippen LogP contribution in [0.3, 0.4) is 0 Å². The fourth-order valence-corrected chi connectivity index (χ4v) is 2.56. The van der Waals surface area contributed by atoms with E-state index in [0.29, 0.717) is 0 Å².